The minimum atomic E-state index is -0.313. The van der Waals surface area contributed by atoms with E-state index in [4.69, 9.17) is 4.42 Å². The summed E-state index contributed by atoms with van der Waals surface area (Å²) < 4.78 is 5.57. The zero-order chi connectivity index (χ0) is 15.5. The third kappa shape index (κ3) is 2.76. The standard InChI is InChI=1S/C18H15NO3/c1-19(12-13-7-3-2-4-8-13)18(21)17-11-15(20)14-9-5-6-10-16(14)22-17/h2-11H,12H2,1H3. The van der Waals surface area contributed by atoms with Gasteiger partial charge in [0.15, 0.2) is 11.2 Å². The lowest BCUT2D eigenvalue weighted by atomic mass is 10.2. The van der Waals surface area contributed by atoms with Crippen LogP contribution in [0.3, 0.4) is 0 Å². The Balaban J connectivity index is 1.90. The Morgan fingerprint density at radius 2 is 1.73 bits per heavy atom. The second-order valence-corrected chi connectivity index (χ2v) is 5.12. The largest absolute Gasteiger partial charge is 0.451 e. The molecule has 0 aliphatic heterocycles. The molecule has 0 fully saturated rings. The van der Waals surface area contributed by atoms with Crippen molar-refractivity contribution in [2.45, 2.75) is 6.54 Å². The molecule has 1 heterocycles. The second-order valence-electron chi connectivity index (χ2n) is 5.12. The number of rotatable bonds is 3. The number of fused-ring (bicyclic) bond motifs is 1. The normalized spacial score (nSPS) is 10.6. The SMILES string of the molecule is CN(Cc1ccccc1)C(=O)c1cc(=O)c2ccccc2o1. The van der Waals surface area contributed by atoms with E-state index in [-0.39, 0.29) is 17.1 Å². The lowest BCUT2D eigenvalue weighted by Gasteiger charge is -2.16. The number of amides is 1. The number of benzene rings is 2. The molecule has 3 aromatic rings. The van der Waals surface area contributed by atoms with E-state index >= 15 is 0 Å². The first kappa shape index (κ1) is 14.1. The molecular formula is C18H15NO3. The molecule has 0 saturated carbocycles. The van der Waals surface area contributed by atoms with Gasteiger partial charge >= 0.3 is 0 Å². The molecule has 0 N–H and O–H groups in total. The fourth-order valence-electron chi connectivity index (χ4n) is 2.33. The first-order chi connectivity index (χ1) is 10.6. The Morgan fingerprint density at radius 1 is 1.05 bits per heavy atom. The van der Waals surface area contributed by atoms with Crippen LogP contribution < -0.4 is 5.43 Å². The van der Waals surface area contributed by atoms with E-state index in [9.17, 15) is 9.59 Å². The number of carbonyl (C=O) groups is 1. The molecule has 1 aromatic heterocycles. The van der Waals surface area contributed by atoms with Crippen LogP contribution in [0.4, 0.5) is 0 Å². The van der Waals surface area contributed by atoms with Crippen molar-refractivity contribution in [1.29, 1.82) is 0 Å². The highest BCUT2D eigenvalue weighted by Crippen LogP contribution is 2.14. The van der Waals surface area contributed by atoms with E-state index < -0.39 is 0 Å². The van der Waals surface area contributed by atoms with Crippen molar-refractivity contribution in [2.75, 3.05) is 7.05 Å². The molecule has 2 aromatic carbocycles. The fourth-order valence-corrected chi connectivity index (χ4v) is 2.33. The van der Waals surface area contributed by atoms with Crippen LogP contribution in [0.1, 0.15) is 16.1 Å². The van der Waals surface area contributed by atoms with Crippen molar-refractivity contribution in [1.82, 2.24) is 4.90 Å². The predicted molar refractivity (Wildman–Crippen MR) is 84.7 cm³/mol. The third-order valence-electron chi connectivity index (χ3n) is 3.45. The molecule has 0 aliphatic carbocycles. The molecule has 0 atom stereocenters. The highest BCUT2D eigenvalue weighted by molar-refractivity contribution is 5.93. The zero-order valence-electron chi connectivity index (χ0n) is 12.2. The molecule has 0 spiro atoms. The van der Waals surface area contributed by atoms with Crippen molar-refractivity contribution >= 4 is 16.9 Å². The molecule has 0 bridgehead atoms. The van der Waals surface area contributed by atoms with Gasteiger partial charge in [-0.2, -0.15) is 0 Å². The maximum Gasteiger partial charge on any atom is 0.289 e. The first-order valence-corrected chi connectivity index (χ1v) is 6.97. The summed E-state index contributed by atoms with van der Waals surface area (Å²) in [5.74, 6) is -0.256. The van der Waals surface area contributed by atoms with Crippen LogP contribution in [0.5, 0.6) is 0 Å². The molecule has 4 nitrogen and oxygen atoms in total. The summed E-state index contributed by atoms with van der Waals surface area (Å²) in [6.07, 6.45) is 0. The zero-order valence-corrected chi connectivity index (χ0v) is 12.2. The van der Waals surface area contributed by atoms with E-state index in [2.05, 4.69) is 0 Å². The van der Waals surface area contributed by atoms with E-state index in [1.54, 1.807) is 31.3 Å². The summed E-state index contributed by atoms with van der Waals surface area (Å²) in [6, 6.07) is 17.8. The quantitative estimate of drug-likeness (QED) is 0.745. The van der Waals surface area contributed by atoms with Gasteiger partial charge in [-0.05, 0) is 17.7 Å². The van der Waals surface area contributed by atoms with Crippen LogP contribution in [-0.4, -0.2) is 17.9 Å². The van der Waals surface area contributed by atoms with Gasteiger partial charge in [0.05, 0.1) is 5.39 Å². The van der Waals surface area contributed by atoms with Crippen molar-refractivity contribution < 1.29 is 9.21 Å². The predicted octanol–water partition coefficient (Wildman–Crippen LogP) is 3.07. The van der Waals surface area contributed by atoms with E-state index in [0.29, 0.717) is 17.5 Å². The van der Waals surface area contributed by atoms with Gasteiger partial charge in [0, 0.05) is 19.7 Å². The Bertz CT molecular complexity index is 868. The fraction of sp³-hybridized carbons (Fsp3) is 0.111. The highest BCUT2D eigenvalue weighted by Gasteiger charge is 2.16. The van der Waals surface area contributed by atoms with Crippen LogP contribution in [0.25, 0.3) is 11.0 Å². The molecule has 1 amide bonds. The second kappa shape index (κ2) is 5.85. The summed E-state index contributed by atoms with van der Waals surface area (Å²) in [5.41, 5.74) is 1.23. The van der Waals surface area contributed by atoms with E-state index in [1.165, 1.54) is 11.0 Å². The molecule has 0 aliphatic rings. The summed E-state index contributed by atoms with van der Waals surface area (Å²) in [5, 5.41) is 0.477. The van der Waals surface area contributed by atoms with Crippen LogP contribution in [-0.2, 0) is 6.54 Å². The number of hydrogen-bond donors (Lipinski definition) is 0. The first-order valence-electron chi connectivity index (χ1n) is 6.97. The summed E-state index contributed by atoms with van der Waals surface area (Å²) in [7, 11) is 1.69. The summed E-state index contributed by atoms with van der Waals surface area (Å²) in [4.78, 5) is 26.0. The van der Waals surface area contributed by atoms with Gasteiger partial charge in [-0.15, -0.1) is 0 Å². The number of hydrogen-bond acceptors (Lipinski definition) is 3. The van der Waals surface area contributed by atoms with Crippen molar-refractivity contribution in [2.24, 2.45) is 0 Å². The molecule has 4 heteroatoms. The molecule has 0 unspecified atom stereocenters. The molecule has 22 heavy (non-hydrogen) atoms. The van der Waals surface area contributed by atoms with Gasteiger partial charge in [-0.3, -0.25) is 9.59 Å². The average Bonchev–Trinajstić information content (AvgIpc) is 2.55. The lowest BCUT2D eigenvalue weighted by Crippen LogP contribution is -2.27. The minimum absolute atomic E-state index is 0.0575. The van der Waals surface area contributed by atoms with Crippen LogP contribution in [0.15, 0.2) is 69.9 Å². The smallest absolute Gasteiger partial charge is 0.289 e. The molecule has 0 radical (unpaired) electrons. The Kier molecular flexibility index (Phi) is 3.74. The maximum atomic E-state index is 12.4. The van der Waals surface area contributed by atoms with Crippen LogP contribution >= 0.6 is 0 Å². The highest BCUT2D eigenvalue weighted by atomic mass is 16.3. The van der Waals surface area contributed by atoms with Gasteiger partial charge in [0.25, 0.3) is 5.91 Å². The lowest BCUT2D eigenvalue weighted by molar-refractivity contribution is 0.0754. The van der Waals surface area contributed by atoms with Gasteiger partial charge in [0.1, 0.15) is 5.58 Å². The van der Waals surface area contributed by atoms with Crippen LogP contribution in [0.2, 0.25) is 0 Å². The van der Waals surface area contributed by atoms with E-state index in [0.717, 1.165) is 5.56 Å². The Hall–Kier alpha value is -2.88. The Morgan fingerprint density at radius 3 is 2.50 bits per heavy atom. The average molecular weight is 293 g/mol. The Labute approximate surface area is 127 Å². The van der Waals surface area contributed by atoms with E-state index in [1.807, 2.05) is 30.3 Å². The maximum absolute atomic E-state index is 12.4. The van der Waals surface area contributed by atoms with Crippen molar-refractivity contribution in [3.05, 3.63) is 82.2 Å². The van der Waals surface area contributed by atoms with Gasteiger partial charge in [0.2, 0.25) is 0 Å². The number of para-hydroxylation sites is 1. The van der Waals surface area contributed by atoms with Gasteiger partial charge < -0.3 is 9.32 Å². The van der Waals surface area contributed by atoms with Gasteiger partial charge in [-0.25, -0.2) is 0 Å². The molecular weight excluding hydrogens is 278 g/mol. The summed E-state index contributed by atoms with van der Waals surface area (Å²) >= 11 is 0. The third-order valence-corrected chi connectivity index (χ3v) is 3.45. The number of nitrogens with zero attached hydrogens (tertiary/aromatic N) is 1. The molecule has 0 saturated heterocycles. The topological polar surface area (TPSA) is 50.5 Å². The van der Waals surface area contributed by atoms with Crippen molar-refractivity contribution in [3.63, 3.8) is 0 Å². The summed E-state index contributed by atoms with van der Waals surface area (Å²) in [6.45, 7) is 0.455. The van der Waals surface area contributed by atoms with Gasteiger partial charge in [-0.1, -0.05) is 42.5 Å². The van der Waals surface area contributed by atoms with Crippen molar-refractivity contribution in [3.8, 4) is 0 Å². The molecule has 3 rings (SSSR count). The molecule has 110 valence electrons. The number of carbonyl (C=O) groups excluding carboxylic acids is 1. The minimum Gasteiger partial charge on any atom is -0.451 e. The van der Waals surface area contributed by atoms with Crippen LogP contribution in [0, 0.1) is 0 Å². The monoisotopic (exact) mass is 293 g/mol.